The average Bonchev–Trinajstić information content (AvgIpc) is 3.22. The summed E-state index contributed by atoms with van der Waals surface area (Å²) >= 11 is 1.76. The Kier molecular flexibility index (Phi) is 4.69. The number of anilines is 2. The molecule has 148 valence electrons. The van der Waals surface area contributed by atoms with Crippen LogP contribution in [-0.4, -0.2) is 47.6 Å². The van der Waals surface area contributed by atoms with Crippen molar-refractivity contribution in [1.29, 1.82) is 0 Å². The predicted octanol–water partition coefficient (Wildman–Crippen LogP) is 3.08. The largest absolute Gasteiger partial charge is 0.399 e. The van der Waals surface area contributed by atoms with Crippen molar-refractivity contribution in [3.05, 3.63) is 63.9 Å². The molecule has 0 atom stereocenters. The normalized spacial score (nSPS) is 15.4. The Balaban J connectivity index is 1.27. The first kappa shape index (κ1) is 18.1. The van der Waals surface area contributed by atoms with E-state index in [1.807, 2.05) is 24.4 Å². The second kappa shape index (κ2) is 7.50. The molecule has 0 saturated carbocycles. The molecular weight excluding hydrogens is 382 g/mol. The molecule has 0 radical (unpaired) electrons. The fourth-order valence-corrected chi connectivity index (χ4v) is 4.92. The molecule has 1 aliphatic rings. The third-order valence-corrected chi connectivity index (χ3v) is 6.56. The maximum absolute atomic E-state index is 12.0. The highest BCUT2D eigenvalue weighted by atomic mass is 32.1. The van der Waals surface area contributed by atoms with Gasteiger partial charge in [0.05, 0.1) is 0 Å². The number of nitrogens with two attached hydrogens (primary N) is 1. The zero-order chi connectivity index (χ0) is 19.8. The highest BCUT2D eigenvalue weighted by molar-refractivity contribution is 7.17. The van der Waals surface area contributed by atoms with E-state index in [2.05, 4.69) is 37.3 Å². The van der Waals surface area contributed by atoms with Crippen LogP contribution in [0.3, 0.4) is 0 Å². The summed E-state index contributed by atoms with van der Waals surface area (Å²) in [4.78, 5) is 24.4. The molecule has 29 heavy (non-hydrogen) atoms. The molecule has 3 N–H and O–H groups in total. The van der Waals surface area contributed by atoms with Crippen LogP contribution in [-0.2, 0) is 6.42 Å². The molecule has 7 heteroatoms. The van der Waals surface area contributed by atoms with Crippen molar-refractivity contribution in [2.75, 3.05) is 43.4 Å². The number of hydrogen-bond donors (Lipinski definition) is 2. The van der Waals surface area contributed by atoms with Crippen LogP contribution < -0.4 is 16.2 Å². The van der Waals surface area contributed by atoms with Gasteiger partial charge in [-0.2, -0.15) is 0 Å². The van der Waals surface area contributed by atoms with Crippen LogP contribution >= 0.6 is 11.3 Å². The third-order valence-electron chi connectivity index (χ3n) is 5.68. The van der Waals surface area contributed by atoms with Crippen LogP contribution in [0.15, 0.2) is 52.8 Å². The predicted molar refractivity (Wildman–Crippen MR) is 121 cm³/mol. The second-order valence-corrected chi connectivity index (χ2v) is 8.46. The van der Waals surface area contributed by atoms with E-state index in [9.17, 15) is 4.79 Å². The SMILES string of the molecule is Nc1ccc2[nH]c(=O)cc(CCN3CCN(c4nccc5sccc45)CC3)c2c1. The molecule has 5 rings (SSSR count). The molecule has 0 bridgehead atoms. The maximum Gasteiger partial charge on any atom is 0.248 e. The van der Waals surface area contributed by atoms with Gasteiger partial charge in [0.1, 0.15) is 5.82 Å². The van der Waals surface area contributed by atoms with E-state index in [0.29, 0.717) is 0 Å². The minimum atomic E-state index is -0.0583. The number of thiophene rings is 1. The molecule has 6 nitrogen and oxygen atoms in total. The van der Waals surface area contributed by atoms with Crippen LogP contribution in [0.1, 0.15) is 5.56 Å². The lowest BCUT2D eigenvalue weighted by Crippen LogP contribution is -2.47. The van der Waals surface area contributed by atoms with Crippen molar-refractivity contribution in [3.63, 3.8) is 0 Å². The zero-order valence-electron chi connectivity index (χ0n) is 16.1. The maximum atomic E-state index is 12.0. The lowest BCUT2D eigenvalue weighted by atomic mass is 10.1. The smallest absolute Gasteiger partial charge is 0.248 e. The third kappa shape index (κ3) is 3.59. The highest BCUT2D eigenvalue weighted by Crippen LogP contribution is 2.29. The van der Waals surface area contributed by atoms with Gasteiger partial charge >= 0.3 is 0 Å². The number of fused-ring (bicyclic) bond motifs is 2. The van der Waals surface area contributed by atoms with Crippen molar-refractivity contribution < 1.29 is 0 Å². The van der Waals surface area contributed by atoms with Gasteiger partial charge < -0.3 is 15.6 Å². The highest BCUT2D eigenvalue weighted by Gasteiger charge is 2.20. The number of nitrogen functional groups attached to an aromatic ring is 1. The minimum Gasteiger partial charge on any atom is -0.399 e. The Morgan fingerprint density at radius 2 is 1.93 bits per heavy atom. The van der Waals surface area contributed by atoms with Gasteiger partial charge in [0.2, 0.25) is 5.56 Å². The lowest BCUT2D eigenvalue weighted by Gasteiger charge is -2.35. The monoisotopic (exact) mass is 405 g/mol. The van der Waals surface area contributed by atoms with Gasteiger partial charge in [0.15, 0.2) is 0 Å². The van der Waals surface area contributed by atoms with E-state index < -0.39 is 0 Å². The first-order chi connectivity index (χ1) is 14.2. The van der Waals surface area contributed by atoms with Crippen molar-refractivity contribution in [1.82, 2.24) is 14.9 Å². The first-order valence-corrected chi connectivity index (χ1v) is 10.8. The van der Waals surface area contributed by atoms with Gasteiger partial charge in [-0.1, -0.05) is 0 Å². The summed E-state index contributed by atoms with van der Waals surface area (Å²) in [6.45, 7) is 4.84. The molecule has 3 aromatic heterocycles. The van der Waals surface area contributed by atoms with Gasteiger partial charge in [-0.25, -0.2) is 4.98 Å². The Hall–Kier alpha value is -2.90. The Labute approximate surface area is 172 Å². The van der Waals surface area contributed by atoms with E-state index in [4.69, 9.17) is 5.73 Å². The fraction of sp³-hybridized carbons (Fsp3) is 0.273. The molecule has 4 aromatic rings. The van der Waals surface area contributed by atoms with E-state index in [1.54, 1.807) is 17.4 Å². The minimum absolute atomic E-state index is 0.0583. The number of aromatic nitrogens is 2. The van der Waals surface area contributed by atoms with Crippen LogP contribution in [0.5, 0.6) is 0 Å². The average molecular weight is 406 g/mol. The number of nitrogens with one attached hydrogen (secondary N) is 1. The molecule has 1 fully saturated rings. The molecule has 1 aromatic carbocycles. The van der Waals surface area contributed by atoms with Crippen molar-refractivity contribution in [2.45, 2.75) is 6.42 Å². The van der Waals surface area contributed by atoms with Crippen LogP contribution in [0.2, 0.25) is 0 Å². The summed E-state index contributed by atoms with van der Waals surface area (Å²) < 4.78 is 1.29. The molecule has 0 spiro atoms. The number of pyridine rings is 2. The number of benzene rings is 1. The van der Waals surface area contributed by atoms with Gasteiger partial charge in [-0.3, -0.25) is 9.69 Å². The molecule has 0 unspecified atom stereocenters. The van der Waals surface area contributed by atoms with Gasteiger partial charge in [0.25, 0.3) is 0 Å². The van der Waals surface area contributed by atoms with Crippen LogP contribution in [0.25, 0.3) is 21.0 Å². The fourth-order valence-electron chi connectivity index (χ4n) is 4.14. The second-order valence-electron chi connectivity index (χ2n) is 7.51. The Morgan fingerprint density at radius 3 is 2.79 bits per heavy atom. The number of nitrogens with zero attached hydrogens (tertiary/aromatic N) is 3. The molecule has 0 amide bonds. The summed E-state index contributed by atoms with van der Waals surface area (Å²) in [6, 6.07) is 11.6. The summed E-state index contributed by atoms with van der Waals surface area (Å²) in [5.74, 6) is 1.10. The van der Waals surface area contributed by atoms with Crippen molar-refractivity contribution >= 4 is 43.8 Å². The number of H-pyrrole nitrogens is 1. The number of aromatic amines is 1. The zero-order valence-corrected chi connectivity index (χ0v) is 16.9. The van der Waals surface area contributed by atoms with Crippen molar-refractivity contribution in [2.24, 2.45) is 0 Å². The van der Waals surface area contributed by atoms with Crippen molar-refractivity contribution in [3.8, 4) is 0 Å². The van der Waals surface area contributed by atoms with Crippen LogP contribution in [0, 0.1) is 0 Å². The summed E-state index contributed by atoms with van der Waals surface area (Å²) in [5, 5.41) is 4.42. The number of piperazine rings is 1. The summed E-state index contributed by atoms with van der Waals surface area (Å²) in [6.07, 6.45) is 2.74. The quantitative estimate of drug-likeness (QED) is 0.510. The lowest BCUT2D eigenvalue weighted by molar-refractivity contribution is 0.261. The topological polar surface area (TPSA) is 78.2 Å². The summed E-state index contributed by atoms with van der Waals surface area (Å²) in [5.41, 5.74) is 8.52. The molecule has 0 aliphatic carbocycles. The molecule has 1 aliphatic heterocycles. The van der Waals surface area contributed by atoms with E-state index in [0.717, 1.165) is 67.1 Å². The van der Waals surface area contributed by atoms with Gasteiger partial charge in [-0.15, -0.1) is 11.3 Å². The molecule has 4 heterocycles. The number of rotatable bonds is 4. The van der Waals surface area contributed by atoms with Crippen LogP contribution in [0.4, 0.5) is 11.5 Å². The van der Waals surface area contributed by atoms with E-state index in [1.165, 1.54) is 10.1 Å². The van der Waals surface area contributed by atoms with Gasteiger partial charge in [-0.05, 0) is 47.7 Å². The molecular formula is C22H23N5OS. The molecule has 1 saturated heterocycles. The standard InChI is InChI=1S/C22H23N5OS/c23-16-1-2-19-18(14-16)15(13-21(28)25-19)4-7-26-8-10-27(11-9-26)22-17-5-12-29-20(17)3-6-24-22/h1-3,5-6,12-14H,4,7-11,23H2,(H,25,28). The Morgan fingerprint density at radius 1 is 1.07 bits per heavy atom. The first-order valence-electron chi connectivity index (χ1n) is 9.88. The van der Waals surface area contributed by atoms with Gasteiger partial charge in [0, 0.05) is 71.7 Å². The number of hydrogen-bond acceptors (Lipinski definition) is 6. The van der Waals surface area contributed by atoms with E-state index >= 15 is 0 Å². The summed E-state index contributed by atoms with van der Waals surface area (Å²) in [7, 11) is 0. The Bertz CT molecular complexity index is 1220. The van der Waals surface area contributed by atoms with E-state index in [-0.39, 0.29) is 5.56 Å².